The molecule has 0 aromatic heterocycles. The van der Waals surface area contributed by atoms with Crippen LogP contribution in [-0.4, -0.2) is 18.3 Å². The first-order chi connectivity index (χ1) is 9.53. The number of aliphatic imine (C=N–C) groups is 1. The van der Waals surface area contributed by atoms with Crippen molar-refractivity contribution in [3.63, 3.8) is 0 Å². The van der Waals surface area contributed by atoms with E-state index in [1.165, 1.54) is 6.92 Å². The number of nitrogens with two attached hydrogens (primary N) is 1. The van der Waals surface area contributed by atoms with Crippen LogP contribution in [0, 0.1) is 11.6 Å². The van der Waals surface area contributed by atoms with Crippen LogP contribution >= 0.6 is 15.9 Å². The predicted molar refractivity (Wildman–Crippen MR) is 68.6 cm³/mol. The van der Waals surface area contributed by atoms with E-state index in [0.717, 1.165) is 6.07 Å². The summed E-state index contributed by atoms with van der Waals surface area (Å²) in [5, 5.41) is 0. The van der Waals surface area contributed by atoms with E-state index < -0.39 is 41.9 Å². The standard InChI is InChI=1S/C12H10BrF5N2O/c1-11(5-2-6(13)8(15)3-7(5)14)4-9(12(16,17)18)21-10(19)20-11/h2-3,9H,4H2,1H3,(H2,19,20)/t9-,11-/m0/s1. The van der Waals surface area contributed by atoms with Crippen LogP contribution in [0.25, 0.3) is 0 Å². The monoisotopic (exact) mass is 372 g/mol. The van der Waals surface area contributed by atoms with E-state index in [9.17, 15) is 22.0 Å². The summed E-state index contributed by atoms with van der Waals surface area (Å²) in [5.41, 5.74) is 3.47. The Bertz CT molecular complexity index is 604. The molecule has 1 heterocycles. The second kappa shape index (κ2) is 5.11. The van der Waals surface area contributed by atoms with Gasteiger partial charge in [0.25, 0.3) is 6.02 Å². The van der Waals surface area contributed by atoms with Gasteiger partial charge >= 0.3 is 6.18 Å². The van der Waals surface area contributed by atoms with Gasteiger partial charge in [-0.15, -0.1) is 0 Å². The van der Waals surface area contributed by atoms with Gasteiger partial charge in [0.05, 0.1) is 10.0 Å². The highest BCUT2D eigenvalue weighted by Gasteiger charge is 2.50. The van der Waals surface area contributed by atoms with E-state index in [1.807, 2.05) is 0 Å². The largest absolute Gasteiger partial charge is 0.452 e. The SMILES string of the molecule is C[C@@]1(c2cc(Br)c(F)cc2F)C[C@@H](C(F)(F)F)OC(N)=N1. The summed E-state index contributed by atoms with van der Waals surface area (Å²) in [5.74, 6) is -1.87. The molecule has 0 spiro atoms. The number of ether oxygens (including phenoxy) is 1. The number of rotatable bonds is 1. The third kappa shape index (κ3) is 3.12. The van der Waals surface area contributed by atoms with Crippen molar-refractivity contribution in [3.05, 3.63) is 33.8 Å². The smallest absolute Gasteiger partial charge is 0.425 e. The molecule has 2 atom stereocenters. The minimum Gasteiger partial charge on any atom is -0.452 e. The lowest BCUT2D eigenvalue weighted by Crippen LogP contribution is -2.46. The summed E-state index contributed by atoms with van der Waals surface area (Å²) in [4.78, 5) is 3.77. The Balaban J connectivity index is 2.51. The Hall–Kier alpha value is -1.38. The normalized spacial score (nSPS) is 26.2. The summed E-state index contributed by atoms with van der Waals surface area (Å²) < 4.78 is 70.0. The van der Waals surface area contributed by atoms with Crippen molar-refractivity contribution in [2.75, 3.05) is 0 Å². The second-order valence-corrected chi connectivity index (χ2v) is 5.68. The minimum atomic E-state index is -4.67. The van der Waals surface area contributed by atoms with Gasteiger partial charge in [0.2, 0.25) is 0 Å². The summed E-state index contributed by atoms with van der Waals surface area (Å²) in [6.07, 6.45) is -7.54. The maximum absolute atomic E-state index is 13.9. The summed E-state index contributed by atoms with van der Waals surface area (Å²) >= 11 is 2.87. The van der Waals surface area contributed by atoms with Crippen LogP contribution in [-0.2, 0) is 10.3 Å². The van der Waals surface area contributed by atoms with E-state index in [-0.39, 0.29) is 10.0 Å². The molecule has 0 amide bonds. The van der Waals surface area contributed by atoms with Crippen molar-refractivity contribution in [1.29, 1.82) is 0 Å². The fourth-order valence-corrected chi connectivity index (χ4v) is 2.50. The molecule has 0 radical (unpaired) electrons. The molecule has 2 N–H and O–H groups in total. The van der Waals surface area contributed by atoms with Gasteiger partial charge in [-0.1, -0.05) is 0 Å². The quantitative estimate of drug-likeness (QED) is 0.604. The van der Waals surface area contributed by atoms with Crippen molar-refractivity contribution in [2.24, 2.45) is 10.7 Å². The molecular formula is C12H10BrF5N2O. The van der Waals surface area contributed by atoms with Gasteiger partial charge in [-0.3, -0.25) is 0 Å². The van der Waals surface area contributed by atoms with Gasteiger partial charge in [-0.2, -0.15) is 13.2 Å². The molecule has 9 heteroatoms. The first kappa shape index (κ1) is 16.0. The van der Waals surface area contributed by atoms with Crippen molar-refractivity contribution < 1.29 is 26.7 Å². The number of benzene rings is 1. The molecule has 2 rings (SSSR count). The number of halogens is 6. The molecular weight excluding hydrogens is 363 g/mol. The van der Waals surface area contributed by atoms with Gasteiger partial charge in [0.15, 0.2) is 6.10 Å². The third-order valence-electron chi connectivity index (χ3n) is 3.16. The number of alkyl halides is 3. The van der Waals surface area contributed by atoms with Gasteiger partial charge < -0.3 is 10.5 Å². The number of amidine groups is 1. The van der Waals surface area contributed by atoms with Crippen molar-refractivity contribution in [3.8, 4) is 0 Å². The predicted octanol–water partition coefficient (Wildman–Crippen LogP) is 3.61. The highest BCUT2D eigenvalue weighted by Crippen LogP contribution is 2.41. The molecule has 0 saturated carbocycles. The number of nitrogens with zero attached hydrogens (tertiary/aromatic N) is 1. The lowest BCUT2D eigenvalue weighted by atomic mass is 9.85. The van der Waals surface area contributed by atoms with E-state index in [2.05, 4.69) is 25.7 Å². The Labute approximate surface area is 125 Å². The second-order valence-electron chi connectivity index (χ2n) is 4.82. The highest BCUT2D eigenvalue weighted by atomic mass is 79.9. The van der Waals surface area contributed by atoms with Crippen LogP contribution in [0.15, 0.2) is 21.6 Å². The fraction of sp³-hybridized carbons (Fsp3) is 0.417. The van der Waals surface area contributed by atoms with Crippen LogP contribution in [0.3, 0.4) is 0 Å². The average molecular weight is 373 g/mol. The van der Waals surface area contributed by atoms with E-state index >= 15 is 0 Å². The van der Waals surface area contributed by atoms with E-state index in [4.69, 9.17) is 5.73 Å². The van der Waals surface area contributed by atoms with E-state index in [0.29, 0.717) is 6.07 Å². The summed E-state index contributed by atoms with van der Waals surface area (Å²) in [6.45, 7) is 1.28. The van der Waals surface area contributed by atoms with Crippen molar-refractivity contribution in [1.82, 2.24) is 0 Å². The first-order valence-electron chi connectivity index (χ1n) is 5.76. The van der Waals surface area contributed by atoms with Crippen molar-refractivity contribution in [2.45, 2.75) is 31.2 Å². The summed E-state index contributed by atoms with van der Waals surface area (Å²) in [7, 11) is 0. The minimum absolute atomic E-state index is 0.0797. The maximum Gasteiger partial charge on any atom is 0.425 e. The third-order valence-corrected chi connectivity index (χ3v) is 3.77. The molecule has 116 valence electrons. The van der Waals surface area contributed by atoms with Gasteiger partial charge in [-0.05, 0) is 28.9 Å². The van der Waals surface area contributed by atoms with E-state index in [1.54, 1.807) is 0 Å². The number of hydrogen-bond acceptors (Lipinski definition) is 3. The molecule has 0 aliphatic carbocycles. The number of hydrogen-bond donors (Lipinski definition) is 1. The Morgan fingerprint density at radius 1 is 1.33 bits per heavy atom. The van der Waals surface area contributed by atoms with Crippen LogP contribution in [0.5, 0.6) is 0 Å². The van der Waals surface area contributed by atoms with Gasteiger partial charge in [-0.25, -0.2) is 13.8 Å². The Morgan fingerprint density at radius 3 is 2.52 bits per heavy atom. The van der Waals surface area contributed by atoms with Gasteiger partial charge in [0.1, 0.15) is 11.6 Å². The fourth-order valence-electron chi connectivity index (χ4n) is 2.15. The molecule has 21 heavy (non-hydrogen) atoms. The zero-order valence-corrected chi connectivity index (χ0v) is 12.2. The summed E-state index contributed by atoms with van der Waals surface area (Å²) in [6, 6.07) is 0.945. The maximum atomic E-state index is 13.9. The molecule has 1 aliphatic heterocycles. The topological polar surface area (TPSA) is 47.6 Å². The highest BCUT2D eigenvalue weighted by molar-refractivity contribution is 9.10. The van der Waals surface area contributed by atoms with Crippen LogP contribution in [0.2, 0.25) is 0 Å². The van der Waals surface area contributed by atoms with Crippen LogP contribution in [0.1, 0.15) is 18.9 Å². The molecule has 1 aromatic rings. The average Bonchev–Trinajstić information content (AvgIpc) is 2.31. The lowest BCUT2D eigenvalue weighted by Gasteiger charge is -2.35. The molecule has 3 nitrogen and oxygen atoms in total. The molecule has 1 aliphatic rings. The van der Waals surface area contributed by atoms with Gasteiger partial charge in [0, 0.05) is 18.1 Å². The van der Waals surface area contributed by atoms with Crippen LogP contribution < -0.4 is 5.73 Å². The van der Waals surface area contributed by atoms with Crippen LogP contribution in [0.4, 0.5) is 22.0 Å². The molecule has 0 fully saturated rings. The first-order valence-corrected chi connectivity index (χ1v) is 6.56. The molecule has 0 unspecified atom stereocenters. The molecule has 1 aromatic carbocycles. The Morgan fingerprint density at radius 2 is 1.95 bits per heavy atom. The zero-order chi connectivity index (χ0) is 16.0. The Kier molecular flexibility index (Phi) is 3.90. The zero-order valence-electron chi connectivity index (χ0n) is 10.6. The molecule has 0 bridgehead atoms. The van der Waals surface area contributed by atoms with Crippen molar-refractivity contribution >= 4 is 22.0 Å². The molecule has 0 saturated heterocycles. The lowest BCUT2D eigenvalue weighted by molar-refractivity contribution is -0.208.